The molecule has 0 aliphatic carbocycles. The van der Waals surface area contributed by atoms with Crippen molar-refractivity contribution in [1.29, 1.82) is 0 Å². The summed E-state index contributed by atoms with van der Waals surface area (Å²) in [5.41, 5.74) is -0.417. The van der Waals surface area contributed by atoms with E-state index in [4.69, 9.17) is 16.7 Å². The number of hydrogen-bond acceptors (Lipinski definition) is 4. The van der Waals surface area contributed by atoms with E-state index in [1.807, 2.05) is 13.8 Å². The fourth-order valence-corrected chi connectivity index (χ4v) is 1.76. The van der Waals surface area contributed by atoms with Gasteiger partial charge in [0.05, 0.1) is 11.6 Å². The molecule has 5 nitrogen and oxygen atoms in total. The van der Waals surface area contributed by atoms with Crippen LogP contribution in [0.15, 0.2) is 18.3 Å². The van der Waals surface area contributed by atoms with Crippen LogP contribution in [0.25, 0.3) is 0 Å². The van der Waals surface area contributed by atoms with Crippen molar-refractivity contribution in [2.24, 2.45) is 0 Å². The van der Waals surface area contributed by atoms with E-state index < -0.39 is 5.54 Å². The highest BCUT2D eigenvalue weighted by Crippen LogP contribution is 2.13. The average molecular weight is 286 g/mol. The van der Waals surface area contributed by atoms with Crippen LogP contribution in [0.3, 0.4) is 0 Å². The topological polar surface area (TPSA) is 65.5 Å². The third-order valence-electron chi connectivity index (χ3n) is 2.70. The molecule has 0 saturated carbocycles. The molecule has 0 aliphatic heterocycles. The summed E-state index contributed by atoms with van der Waals surface area (Å²) in [4.78, 5) is 17.8. The van der Waals surface area contributed by atoms with E-state index in [2.05, 4.69) is 10.3 Å². The zero-order valence-electron chi connectivity index (χ0n) is 11.5. The number of aliphatic hydroxyl groups excluding tert-OH is 1. The number of hydrogen-bond donors (Lipinski definition) is 2. The van der Waals surface area contributed by atoms with Gasteiger partial charge in [-0.15, -0.1) is 0 Å². The van der Waals surface area contributed by atoms with Crippen molar-refractivity contribution in [3.05, 3.63) is 23.4 Å². The van der Waals surface area contributed by atoms with Crippen LogP contribution < -0.4 is 10.2 Å². The van der Waals surface area contributed by atoms with Gasteiger partial charge in [-0.1, -0.05) is 11.6 Å². The van der Waals surface area contributed by atoms with Gasteiger partial charge < -0.3 is 15.3 Å². The lowest BCUT2D eigenvalue weighted by atomic mass is 10.0. The average Bonchev–Trinajstić information content (AvgIpc) is 2.28. The van der Waals surface area contributed by atoms with Crippen molar-refractivity contribution >= 4 is 23.3 Å². The molecule has 0 radical (unpaired) electrons. The first-order valence-electron chi connectivity index (χ1n) is 6.08. The lowest BCUT2D eigenvalue weighted by molar-refractivity contribution is -0.121. The molecule has 0 saturated heterocycles. The number of rotatable bonds is 6. The first-order valence-corrected chi connectivity index (χ1v) is 6.46. The second kappa shape index (κ2) is 6.73. The Morgan fingerprint density at radius 1 is 1.53 bits per heavy atom. The molecule has 1 aromatic rings. The molecular formula is C13H20ClN3O2. The fourth-order valence-electron chi connectivity index (χ4n) is 1.65. The van der Waals surface area contributed by atoms with Gasteiger partial charge in [0.15, 0.2) is 0 Å². The Morgan fingerprint density at radius 2 is 2.21 bits per heavy atom. The first-order chi connectivity index (χ1) is 8.84. The number of carbonyl (C=O) groups is 1. The van der Waals surface area contributed by atoms with Crippen LogP contribution in [0.1, 0.15) is 20.3 Å². The predicted octanol–water partition coefficient (Wildman–Crippen LogP) is 1.45. The molecule has 6 heteroatoms. The Labute approximate surface area is 118 Å². The Kier molecular flexibility index (Phi) is 5.57. The van der Waals surface area contributed by atoms with Crippen LogP contribution in [0.4, 0.5) is 5.82 Å². The summed E-state index contributed by atoms with van der Waals surface area (Å²) < 4.78 is 0. The highest BCUT2D eigenvalue weighted by Gasteiger charge is 2.20. The molecule has 1 aromatic heterocycles. The number of pyridine rings is 1. The summed E-state index contributed by atoms with van der Waals surface area (Å²) in [6.07, 6.45) is 2.06. The second-order valence-electron chi connectivity index (χ2n) is 5.10. The van der Waals surface area contributed by atoms with Crippen molar-refractivity contribution < 1.29 is 9.90 Å². The maximum atomic E-state index is 11.9. The third-order valence-corrected chi connectivity index (χ3v) is 2.92. The smallest absolute Gasteiger partial charge is 0.239 e. The number of aromatic nitrogens is 1. The predicted molar refractivity (Wildman–Crippen MR) is 76.4 cm³/mol. The largest absolute Gasteiger partial charge is 0.396 e. The molecule has 1 heterocycles. The number of aliphatic hydroxyl groups is 1. The van der Waals surface area contributed by atoms with Gasteiger partial charge in [-0.2, -0.15) is 0 Å². The van der Waals surface area contributed by atoms with Crippen LogP contribution in [0.2, 0.25) is 5.02 Å². The third kappa shape index (κ3) is 5.44. The number of anilines is 1. The van der Waals surface area contributed by atoms with E-state index in [1.54, 1.807) is 30.3 Å². The van der Waals surface area contributed by atoms with Crippen LogP contribution in [-0.4, -0.2) is 41.7 Å². The highest BCUT2D eigenvalue weighted by molar-refractivity contribution is 6.30. The first kappa shape index (κ1) is 15.7. The Bertz CT molecular complexity index is 420. The minimum Gasteiger partial charge on any atom is -0.396 e. The summed E-state index contributed by atoms with van der Waals surface area (Å²) >= 11 is 5.76. The van der Waals surface area contributed by atoms with Gasteiger partial charge in [-0.3, -0.25) is 4.79 Å². The molecule has 0 bridgehead atoms. The molecule has 0 spiro atoms. The van der Waals surface area contributed by atoms with Crippen molar-refractivity contribution in [1.82, 2.24) is 10.3 Å². The molecular weight excluding hydrogens is 266 g/mol. The van der Waals surface area contributed by atoms with Crippen LogP contribution >= 0.6 is 11.6 Å². The van der Waals surface area contributed by atoms with E-state index in [-0.39, 0.29) is 19.1 Å². The van der Waals surface area contributed by atoms with Gasteiger partial charge in [0.2, 0.25) is 5.91 Å². The van der Waals surface area contributed by atoms with Crippen molar-refractivity contribution in [2.75, 3.05) is 25.1 Å². The van der Waals surface area contributed by atoms with Gasteiger partial charge in [0, 0.05) is 25.4 Å². The zero-order chi connectivity index (χ0) is 14.5. The lowest BCUT2D eigenvalue weighted by Gasteiger charge is -2.27. The Hall–Kier alpha value is -1.33. The van der Waals surface area contributed by atoms with Crippen LogP contribution in [0, 0.1) is 0 Å². The molecule has 106 valence electrons. The number of carbonyl (C=O) groups excluding carboxylic acids is 1. The van der Waals surface area contributed by atoms with Gasteiger partial charge in [0.25, 0.3) is 0 Å². The maximum Gasteiger partial charge on any atom is 0.239 e. The van der Waals surface area contributed by atoms with E-state index in [1.165, 1.54) is 0 Å². The van der Waals surface area contributed by atoms with E-state index in [0.29, 0.717) is 17.3 Å². The lowest BCUT2D eigenvalue weighted by Crippen LogP contribution is -2.47. The van der Waals surface area contributed by atoms with Gasteiger partial charge in [-0.25, -0.2) is 4.98 Å². The standard InChI is InChI=1S/C13H20ClN3O2/c1-13(2,6-7-18)16-12(19)9-17(3)11-5-4-10(14)8-15-11/h4-5,8,18H,6-7,9H2,1-3H3,(H,16,19). The summed E-state index contributed by atoms with van der Waals surface area (Å²) in [6.45, 7) is 3.99. The van der Waals surface area contributed by atoms with Gasteiger partial charge in [0.1, 0.15) is 5.82 Å². The highest BCUT2D eigenvalue weighted by atomic mass is 35.5. The monoisotopic (exact) mass is 285 g/mol. The fraction of sp³-hybridized carbons (Fsp3) is 0.538. The maximum absolute atomic E-state index is 11.9. The Morgan fingerprint density at radius 3 is 2.74 bits per heavy atom. The van der Waals surface area contributed by atoms with E-state index in [9.17, 15) is 4.79 Å². The van der Waals surface area contributed by atoms with Crippen LogP contribution in [0.5, 0.6) is 0 Å². The molecule has 0 aliphatic rings. The summed E-state index contributed by atoms with van der Waals surface area (Å²) in [7, 11) is 1.79. The Balaban J connectivity index is 2.54. The van der Waals surface area contributed by atoms with Crippen molar-refractivity contribution in [3.63, 3.8) is 0 Å². The van der Waals surface area contributed by atoms with Crippen LogP contribution in [-0.2, 0) is 4.79 Å². The normalized spacial score (nSPS) is 11.2. The number of likely N-dealkylation sites (N-methyl/N-ethyl adjacent to an activating group) is 1. The SMILES string of the molecule is CN(CC(=O)NC(C)(C)CCO)c1ccc(Cl)cn1. The van der Waals surface area contributed by atoms with Gasteiger partial charge >= 0.3 is 0 Å². The minimum atomic E-state index is -0.417. The molecule has 0 aromatic carbocycles. The molecule has 1 rings (SSSR count). The van der Waals surface area contributed by atoms with Gasteiger partial charge in [-0.05, 0) is 32.4 Å². The molecule has 0 atom stereocenters. The van der Waals surface area contributed by atoms with E-state index in [0.717, 1.165) is 0 Å². The quantitative estimate of drug-likeness (QED) is 0.830. The minimum absolute atomic E-state index is 0.0435. The molecule has 2 N–H and O–H groups in total. The number of nitrogens with one attached hydrogen (secondary N) is 1. The number of nitrogens with zero attached hydrogens (tertiary/aromatic N) is 2. The summed E-state index contributed by atoms with van der Waals surface area (Å²) in [5, 5.41) is 12.4. The molecule has 19 heavy (non-hydrogen) atoms. The van der Waals surface area contributed by atoms with Crippen molar-refractivity contribution in [3.8, 4) is 0 Å². The number of halogens is 1. The van der Waals surface area contributed by atoms with E-state index >= 15 is 0 Å². The molecule has 1 amide bonds. The zero-order valence-corrected chi connectivity index (χ0v) is 12.2. The number of amides is 1. The second-order valence-corrected chi connectivity index (χ2v) is 5.53. The molecule has 0 fully saturated rings. The van der Waals surface area contributed by atoms with Crippen molar-refractivity contribution in [2.45, 2.75) is 25.8 Å². The summed E-state index contributed by atoms with van der Waals surface area (Å²) in [5.74, 6) is 0.567. The molecule has 0 unspecified atom stereocenters. The summed E-state index contributed by atoms with van der Waals surface area (Å²) in [6, 6.07) is 3.49.